The molecule has 8 nitrogen and oxygen atoms in total. The van der Waals surface area contributed by atoms with Gasteiger partial charge in [0.15, 0.2) is 0 Å². The number of nitrogens with zero attached hydrogens (tertiary/aromatic N) is 4. The van der Waals surface area contributed by atoms with Crippen molar-refractivity contribution < 1.29 is 19.2 Å². The molecule has 0 saturated carbocycles. The van der Waals surface area contributed by atoms with Gasteiger partial charge < -0.3 is 4.74 Å². The van der Waals surface area contributed by atoms with E-state index in [0.29, 0.717) is 0 Å². The maximum absolute atomic E-state index is 11.1. The number of hydrogen-bond acceptors (Lipinski definition) is 5. The molecule has 0 aliphatic carbocycles. The number of amides is 2. The van der Waals surface area contributed by atoms with Crippen LogP contribution in [0.4, 0.5) is 9.59 Å². The number of ether oxygens (including phenoxy) is 1. The number of aliphatic imine (C=N–C) groups is 2. The number of hydrogen-bond donors (Lipinski definition) is 0. The Hall–Kier alpha value is -2.47. The molecule has 0 radical (unpaired) electrons. The Labute approximate surface area is 103 Å². The zero-order valence-electron chi connectivity index (χ0n) is 10.2. The quantitative estimate of drug-likeness (QED) is 0.706. The summed E-state index contributed by atoms with van der Waals surface area (Å²) in [7, 11) is 0. The van der Waals surface area contributed by atoms with Gasteiger partial charge in [0.05, 0.1) is 12.4 Å². The summed E-state index contributed by atoms with van der Waals surface area (Å²) in [6, 6.07) is 3.44. The van der Waals surface area contributed by atoms with Gasteiger partial charge >= 0.3 is 12.2 Å². The number of carbonyl (C=O) groups excluding carboxylic acids is 2. The topological polar surface area (TPSA) is 95.1 Å². The van der Waals surface area contributed by atoms with Gasteiger partial charge in [0.25, 0.3) is 0 Å². The predicted molar refractivity (Wildman–Crippen MR) is 60.3 cm³/mol. The zero-order valence-corrected chi connectivity index (χ0v) is 10.2. The first-order chi connectivity index (χ1) is 8.37. The standard InChI is InChI=1S/C10H12N4O4/c1-10(2,3)17-8(15)11-7-12-9(16)18-14-6-4-5-13-14/h4-6H,1-3H3. The minimum atomic E-state index is -1.01. The van der Waals surface area contributed by atoms with E-state index < -0.39 is 17.8 Å². The van der Waals surface area contributed by atoms with Crippen LogP contribution in [0.2, 0.25) is 0 Å². The maximum Gasteiger partial charge on any atom is 0.469 e. The summed E-state index contributed by atoms with van der Waals surface area (Å²) in [5.41, 5.74) is -0.669. The first-order valence-corrected chi connectivity index (χ1v) is 4.98. The van der Waals surface area contributed by atoms with Crippen LogP contribution < -0.4 is 4.84 Å². The molecule has 18 heavy (non-hydrogen) atoms. The molecule has 0 fully saturated rings. The average Bonchev–Trinajstić information content (AvgIpc) is 2.67. The Morgan fingerprint density at radius 3 is 2.50 bits per heavy atom. The molecule has 0 saturated heterocycles. The highest BCUT2D eigenvalue weighted by atomic mass is 16.7. The summed E-state index contributed by atoms with van der Waals surface area (Å²) < 4.78 is 4.83. The fourth-order valence-corrected chi connectivity index (χ4v) is 0.801. The molecule has 96 valence electrons. The van der Waals surface area contributed by atoms with E-state index in [0.717, 1.165) is 4.85 Å². The van der Waals surface area contributed by atoms with E-state index in [1.807, 2.05) is 6.01 Å². The van der Waals surface area contributed by atoms with E-state index in [1.54, 1.807) is 26.8 Å². The van der Waals surface area contributed by atoms with Crippen LogP contribution in [0.25, 0.3) is 0 Å². The molecular weight excluding hydrogens is 240 g/mol. The first kappa shape index (κ1) is 13.6. The van der Waals surface area contributed by atoms with Crippen LogP contribution in [0.1, 0.15) is 20.8 Å². The molecular formula is C10H12N4O4. The van der Waals surface area contributed by atoms with Gasteiger partial charge in [-0.15, -0.1) is 15.1 Å². The number of aromatic nitrogens is 2. The monoisotopic (exact) mass is 252 g/mol. The lowest BCUT2D eigenvalue weighted by Gasteiger charge is -2.16. The molecule has 0 unspecified atom stereocenters. The Morgan fingerprint density at radius 2 is 1.94 bits per heavy atom. The summed E-state index contributed by atoms with van der Waals surface area (Å²) in [5.74, 6) is 0. The summed E-state index contributed by atoms with van der Waals surface area (Å²) in [5, 5.41) is 3.61. The van der Waals surface area contributed by atoms with Crippen molar-refractivity contribution in [3.63, 3.8) is 0 Å². The van der Waals surface area contributed by atoms with Crippen LogP contribution in [0.3, 0.4) is 0 Å². The van der Waals surface area contributed by atoms with E-state index in [2.05, 4.69) is 19.9 Å². The average molecular weight is 252 g/mol. The van der Waals surface area contributed by atoms with Crippen LogP contribution >= 0.6 is 0 Å². The molecule has 1 aromatic heterocycles. The molecule has 0 spiro atoms. The summed E-state index contributed by atoms with van der Waals surface area (Å²) in [6.07, 6.45) is 0.925. The molecule has 0 N–H and O–H groups in total. The van der Waals surface area contributed by atoms with E-state index in [4.69, 9.17) is 4.74 Å². The molecule has 1 rings (SSSR count). The third-order valence-electron chi connectivity index (χ3n) is 1.33. The van der Waals surface area contributed by atoms with Crippen LogP contribution in [-0.4, -0.2) is 33.7 Å². The third kappa shape index (κ3) is 5.57. The van der Waals surface area contributed by atoms with Gasteiger partial charge in [-0.25, -0.2) is 9.59 Å². The normalized spacial score (nSPS) is 10.2. The minimum Gasteiger partial charge on any atom is -0.442 e. The molecule has 0 aliphatic heterocycles. The third-order valence-corrected chi connectivity index (χ3v) is 1.33. The second-order valence-corrected chi connectivity index (χ2v) is 4.07. The highest BCUT2D eigenvalue weighted by Gasteiger charge is 2.14. The highest BCUT2D eigenvalue weighted by molar-refractivity contribution is 5.81. The van der Waals surface area contributed by atoms with E-state index >= 15 is 0 Å². The molecule has 2 amide bonds. The molecule has 1 aromatic rings. The van der Waals surface area contributed by atoms with Crippen LogP contribution in [-0.2, 0) is 4.74 Å². The lowest BCUT2D eigenvalue weighted by molar-refractivity contribution is 0.0605. The summed E-state index contributed by atoms with van der Waals surface area (Å²) in [6.45, 7) is 5.05. The fourth-order valence-electron chi connectivity index (χ4n) is 0.801. The Morgan fingerprint density at radius 1 is 1.28 bits per heavy atom. The van der Waals surface area contributed by atoms with E-state index in [1.165, 1.54) is 12.4 Å². The van der Waals surface area contributed by atoms with E-state index in [9.17, 15) is 9.59 Å². The van der Waals surface area contributed by atoms with Gasteiger partial charge in [0, 0.05) is 0 Å². The predicted octanol–water partition coefficient (Wildman–Crippen LogP) is 1.54. The second-order valence-electron chi connectivity index (χ2n) is 4.07. The van der Waals surface area contributed by atoms with Crippen LogP contribution in [0.5, 0.6) is 0 Å². The van der Waals surface area contributed by atoms with Crippen molar-refractivity contribution in [2.75, 3.05) is 0 Å². The van der Waals surface area contributed by atoms with Gasteiger partial charge in [-0.05, 0) is 26.8 Å². The molecule has 8 heteroatoms. The van der Waals surface area contributed by atoms with Crippen molar-refractivity contribution in [3.8, 4) is 0 Å². The minimum absolute atomic E-state index is 0.669. The zero-order chi connectivity index (χ0) is 13.6. The van der Waals surface area contributed by atoms with Crippen molar-refractivity contribution in [2.24, 2.45) is 9.98 Å². The highest BCUT2D eigenvalue weighted by Crippen LogP contribution is 2.07. The lowest BCUT2D eigenvalue weighted by Crippen LogP contribution is -2.21. The van der Waals surface area contributed by atoms with Crippen molar-refractivity contribution in [1.29, 1.82) is 0 Å². The van der Waals surface area contributed by atoms with Gasteiger partial charge in [-0.3, -0.25) is 4.84 Å². The SMILES string of the molecule is CC(C)(C)OC(=O)N=C=NC(=O)On1cccn1. The van der Waals surface area contributed by atoms with E-state index in [-0.39, 0.29) is 0 Å². The van der Waals surface area contributed by atoms with Crippen molar-refractivity contribution in [3.05, 3.63) is 18.5 Å². The Kier molecular flexibility index (Phi) is 4.33. The molecule has 0 bridgehead atoms. The summed E-state index contributed by atoms with van der Waals surface area (Å²) >= 11 is 0. The van der Waals surface area contributed by atoms with Crippen LogP contribution in [0, 0.1) is 0 Å². The first-order valence-electron chi connectivity index (χ1n) is 4.98. The Bertz CT molecular complexity index is 480. The smallest absolute Gasteiger partial charge is 0.442 e. The largest absolute Gasteiger partial charge is 0.469 e. The van der Waals surface area contributed by atoms with Crippen molar-refractivity contribution >= 4 is 18.2 Å². The van der Waals surface area contributed by atoms with Crippen molar-refractivity contribution in [1.82, 2.24) is 9.94 Å². The van der Waals surface area contributed by atoms with Crippen LogP contribution in [0.15, 0.2) is 28.4 Å². The van der Waals surface area contributed by atoms with Gasteiger partial charge in [0.2, 0.25) is 0 Å². The second kappa shape index (κ2) is 5.74. The van der Waals surface area contributed by atoms with Gasteiger partial charge in [-0.2, -0.15) is 0 Å². The molecule has 0 atom stereocenters. The maximum atomic E-state index is 11.1. The lowest BCUT2D eigenvalue weighted by atomic mass is 10.2. The number of rotatable bonds is 1. The molecule has 1 heterocycles. The molecule has 0 aliphatic rings. The van der Waals surface area contributed by atoms with Gasteiger partial charge in [-0.1, -0.05) is 4.85 Å². The fraction of sp³-hybridized carbons (Fsp3) is 0.400. The van der Waals surface area contributed by atoms with Crippen molar-refractivity contribution in [2.45, 2.75) is 26.4 Å². The number of carbonyl (C=O) groups is 2. The van der Waals surface area contributed by atoms with Gasteiger partial charge in [0.1, 0.15) is 11.6 Å². The molecule has 0 aromatic carbocycles. The summed E-state index contributed by atoms with van der Waals surface area (Å²) in [4.78, 5) is 33.9. The Balaban J connectivity index is 2.48.